The maximum Gasteiger partial charge on any atom is 0.217 e. The Morgan fingerprint density at radius 1 is 1.04 bits per heavy atom. The third-order valence-corrected chi connectivity index (χ3v) is 7.37. The van der Waals surface area contributed by atoms with Crippen LogP contribution in [-0.2, 0) is 9.36 Å². The zero-order chi connectivity index (χ0) is 16.9. The molecular formula is C18H19ClNO2P. The number of halogens is 1. The fourth-order valence-electron chi connectivity index (χ4n) is 2.43. The minimum absolute atomic E-state index is 0.276. The number of carbonyl (C=O) groups is 1. The van der Waals surface area contributed by atoms with Crippen LogP contribution in [0.1, 0.15) is 13.8 Å². The minimum Gasteiger partial charge on any atom is -0.341 e. The molecule has 1 amide bonds. The first-order valence-corrected chi connectivity index (χ1v) is 9.45. The van der Waals surface area contributed by atoms with Gasteiger partial charge in [-0.2, -0.15) is 0 Å². The molecule has 2 rings (SSSR count). The lowest BCUT2D eigenvalue weighted by Crippen LogP contribution is -2.39. The molecule has 2 aromatic carbocycles. The normalized spacial score (nSPS) is 13.4. The van der Waals surface area contributed by atoms with Crippen LogP contribution in [0.5, 0.6) is 0 Å². The van der Waals surface area contributed by atoms with Crippen molar-refractivity contribution in [2.45, 2.75) is 19.6 Å². The molecule has 0 bridgehead atoms. The van der Waals surface area contributed by atoms with Crippen molar-refractivity contribution < 1.29 is 9.36 Å². The fraction of sp³-hybridized carbons (Fsp3) is 0.167. The number of hydrogen-bond acceptors (Lipinski definition) is 2. The highest BCUT2D eigenvalue weighted by Crippen LogP contribution is 2.50. The van der Waals surface area contributed by atoms with Crippen molar-refractivity contribution >= 4 is 35.3 Å². The average Bonchev–Trinajstić information content (AvgIpc) is 2.59. The molecule has 5 heteroatoms. The summed E-state index contributed by atoms with van der Waals surface area (Å²) in [6, 6.07) is 18.3. The van der Waals surface area contributed by atoms with Gasteiger partial charge in [-0.1, -0.05) is 78.3 Å². The summed E-state index contributed by atoms with van der Waals surface area (Å²) in [5.74, 6) is -1.06. The predicted octanol–water partition coefficient (Wildman–Crippen LogP) is 3.61. The van der Waals surface area contributed by atoms with Gasteiger partial charge in [0.05, 0.1) is 0 Å². The fourth-order valence-corrected chi connectivity index (χ4v) is 5.88. The van der Waals surface area contributed by atoms with Gasteiger partial charge in [0.25, 0.3) is 0 Å². The van der Waals surface area contributed by atoms with Crippen LogP contribution in [0.2, 0.25) is 0 Å². The molecule has 1 unspecified atom stereocenters. The summed E-state index contributed by atoms with van der Waals surface area (Å²) < 4.78 is 14.1. The lowest BCUT2D eigenvalue weighted by atomic mass is 10.4. The molecule has 0 fully saturated rings. The van der Waals surface area contributed by atoms with Crippen molar-refractivity contribution in [1.82, 2.24) is 5.32 Å². The van der Waals surface area contributed by atoms with Crippen molar-refractivity contribution in [3.8, 4) is 0 Å². The van der Waals surface area contributed by atoms with E-state index in [-0.39, 0.29) is 5.91 Å². The van der Waals surface area contributed by atoms with E-state index in [4.69, 9.17) is 11.6 Å². The Morgan fingerprint density at radius 2 is 1.48 bits per heavy atom. The van der Waals surface area contributed by atoms with E-state index in [1.165, 1.54) is 6.92 Å². The van der Waals surface area contributed by atoms with Crippen molar-refractivity contribution in [3.63, 3.8) is 0 Å². The number of allylic oxidation sites excluding steroid dienone is 1. The molecule has 0 saturated carbocycles. The molecule has 3 nitrogen and oxygen atoms in total. The molecule has 23 heavy (non-hydrogen) atoms. The third kappa shape index (κ3) is 3.74. The standard InChI is InChI=1S/C18H19ClNO2P/c1-3-17(19)18(20-14(2)21)23(22,15-10-6-4-7-11-15)16-12-8-5-9-13-16/h3-13,18H,1-2H3,(H,20,21)/b17-3-. The highest BCUT2D eigenvalue weighted by atomic mass is 35.5. The van der Waals surface area contributed by atoms with E-state index < -0.39 is 12.9 Å². The Bertz CT molecular complexity index is 701. The molecule has 2 aromatic rings. The van der Waals surface area contributed by atoms with Gasteiger partial charge in [-0.25, -0.2) is 0 Å². The smallest absolute Gasteiger partial charge is 0.217 e. The second-order valence-electron chi connectivity index (χ2n) is 5.11. The van der Waals surface area contributed by atoms with Crippen molar-refractivity contribution in [2.75, 3.05) is 0 Å². The van der Waals surface area contributed by atoms with Gasteiger partial charge in [-0.05, 0) is 6.92 Å². The third-order valence-electron chi connectivity index (χ3n) is 3.52. The van der Waals surface area contributed by atoms with Gasteiger partial charge in [0.15, 0.2) is 7.14 Å². The number of benzene rings is 2. The topological polar surface area (TPSA) is 46.2 Å². The van der Waals surface area contributed by atoms with Gasteiger partial charge in [-0.3, -0.25) is 4.79 Å². The summed E-state index contributed by atoms with van der Waals surface area (Å²) >= 11 is 6.33. The molecule has 0 aromatic heterocycles. The van der Waals surface area contributed by atoms with Crippen molar-refractivity contribution in [3.05, 3.63) is 71.8 Å². The Kier molecular flexibility index (Phi) is 5.81. The summed E-state index contributed by atoms with van der Waals surface area (Å²) in [6.45, 7) is 3.16. The van der Waals surface area contributed by atoms with Crippen LogP contribution < -0.4 is 15.9 Å². The van der Waals surface area contributed by atoms with Gasteiger partial charge in [0.2, 0.25) is 5.91 Å². The molecule has 1 N–H and O–H groups in total. The van der Waals surface area contributed by atoms with E-state index in [1.807, 2.05) is 60.7 Å². The first-order chi connectivity index (χ1) is 11.0. The van der Waals surface area contributed by atoms with Crippen LogP contribution in [0, 0.1) is 0 Å². The molecule has 0 aliphatic heterocycles. The van der Waals surface area contributed by atoms with E-state index in [1.54, 1.807) is 13.0 Å². The largest absolute Gasteiger partial charge is 0.341 e. The molecule has 0 saturated heterocycles. The van der Waals surface area contributed by atoms with Gasteiger partial charge in [-0.15, -0.1) is 0 Å². The van der Waals surface area contributed by atoms with Gasteiger partial charge >= 0.3 is 0 Å². The monoisotopic (exact) mass is 347 g/mol. The second-order valence-corrected chi connectivity index (χ2v) is 8.41. The molecular weight excluding hydrogens is 329 g/mol. The summed E-state index contributed by atoms with van der Waals surface area (Å²) in [5.41, 5.74) is 0. The highest BCUT2D eigenvalue weighted by Gasteiger charge is 2.39. The number of nitrogens with one attached hydrogen (secondary N) is 1. The van der Waals surface area contributed by atoms with Crippen molar-refractivity contribution in [1.29, 1.82) is 0 Å². The van der Waals surface area contributed by atoms with E-state index in [9.17, 15) is 9.36 Å². The number of rotatable bonds is 5. The Morgan fingerprint density at radius 3 is 1.83 bits per heavy atom. The summed E-state index contributed by atoms with van der Waals surface area (Å²) in [6.07, 6.45) is 1.67. The Labute approximate surface area is 141 Å². The maximum atomic E-state index is 14.1. The van der Waals surface area contributed by atoms with Crippen LogP contribution in [-0.4, -0.2) is 11.7 Å². The zero-order valence-corrected chi connectivity index (χ0v) is 14.7. The quantitative estimate of drug-likeness (QED) is 0.840. The van der Waals surface area contributed by atoms with E-state index >= 15 is 0 Å². The summed E-state index contributed by atoms with van der Waals surface area (Å²) in [7, 11) is -3.19. The summed E-state index contributed by atoms with van der Waals surface area (Å²) in [4.78, 5) is 11.7. The van der Waals surface area contributed by atoms with Gasteiger partial charge in [0, 0.05) is 22.6 Å². The molecule has 0 heterocycles. The van der Waals surface area contributed by atoms with Gasteiger partial charge < -0.3 is 9.88 Å². The molecule has 0 spiro atoms. The van der Waals surface area contributed by atoms with E-state index in [0.29, 0.717) is 15.6 Å². The molecule has 0 radical (unpaired) electrons. The Balaban J connectivity index is 2.71. The zero-order valence-electron chi connectivity index (χ0n) is 13.1. The number of amides is 1. The first kappa shape index (κ1) is 17.5. The van der Waals surface area contributed by atoms with E-state index in [2.05, 4.69) is 5.32 Å². The molecule has 1 atom stereocenters. The first-order valence-electron chi connectivity index (χ1n) is 7.30. The molecule has 0 aliphatic carbocycles. The van der Waals surface area contributed by atoms with Crippen LogP contribution in [0.15, 0.2) is 71.8 Å². The lowest BCUT2D eigenvalue weighted by molar-refractivity contribution is -0.119. The second kappa shape index (κ2) is 7.63. The molecule has 120 valence electrons. The van der Waals surface area contributed by atoms with E-state index in [0.717, 1.165) is 0 Å². The number of hydrogen-bond donors (Lipinski definition) is 1. The van der Waals surface area contributed by atoms with Gasteiger partial charge in [0.1, 0.15) is 5.78 Å². The molecule has 0 aliphatic rings. The van der Waals surface area contributed by atoms with Crippen LogP contribution in [0.25, 0.3) is 0 Å². The Hall–Kier alpha value is -1.83. The predicted molar refractivity (Wildman–Crippen MR) is 97.0 cm³/mol. The maximum absolute atomic E-state index is 14.1. The SMILES string of the molecule is C/C=C(\Cl)C(NC(C)=O)P(=O)(c1ccccc1)c1ccccc1. The van der Waals surface area contributed by atoms with Crippen LogP contribution in [0.3, 0.4) is 0 Å². The lowest BCUT2D eigenvalue weighted by Gasteiger charge is -2.29. The van der Waals surface area contributed by atoms with Crippen LogP contribution >= 0.6 is 18.7 Å². The highest BCUT2D eigenvalue weighted by molar-refractivity contribution is 7.79. The number of carbonyl (C=O) groups excluding carboxylic acids is 1. The average molecular weight is 348 g/mol. The van der Waals surface area contributed by atoms with Crippen molar-refractivity contribution in [2.24, 2.45) is 0 Å². The van der Waals surface area contributed by atoms with Crippen LogP contribution in [0.4, 0.5) is 0 Å². The summed E-state index contributed by atoms with van der Waals surface area (Å²) in [5, 5.41) is 4.44. The minimum atomic E-state index is -3.19.